The van der Waals surface area contributed by atoms with Gasteiger partial charge in [0.15, 0.2) is 0 Å². The Kier molecular flexibility index (Phi) is 6.92. The van der Waals surface area contributed by atoms with Gasteiger partial charge in [-0.1, -0.05) is 17.7 Å². The van der Waals surface area contributed by atoms with Crippen molar-refractivity contribution in [2.45, 2.75) is 30.2 Å². The number of rotatable bonds is 6. The predicted molar refractivity (Wildman–Crippen MR) is 125 cm³/mol. The number of piperidine rings is 1. The summed E-state index contributed by atoms with van der Waals surface area (Å²) in [5.41, 5.74) is 0.689. The summed E-state index contributed by atoms with van der Waals surface area (Å²) in [6.07, 6.45) is 1.19. The number of sulfonamides is 1. The number of hydrogen-bond acceptors (Lipinski definition) is 5. The van der Waals surface area contributed by atoms with Crippen LogP contribution < -0.4 is 14.4 Å². The summed E-state index contributed by atoms with van der Waals surface area (Å²) in [7, 11) is -2.14. The van der Waals surface area contributed by atoms with E-state index in [1.165, 1.54) is 19.2 Å². The lowest BCUT2D eigenvalue weighted by molar-refractivity contribution is -0.136. The van der Waals surface area contributed by atoms with E-state index in [4.69, 9.17) is 16.3 Å². The second-order valence-electron chi connectivity index (χ2n) is 8.28. The molecule has 2 fully saturated rings. The Morgan fingerprint density at radius 2 is 1.82 bits per heavy atom. The van der Waals surface area contributed by atoms with Gasteiger partial charge >= 0.3 is 0 Å². The molecule has 2 aromatic carbocycles. The molecule has 2 aliphatic heterocycles. The van der Waals surface area contributed by atoms with E-state index in [0.29, 0.717) is 48.9 Å². The fraction of sp³-hybridized carbons (Fsp3) is 0.391. The van der Waals surface area contributed by atoms with Gasteiger partial charge in [-0.3, -0.25) is 9.59 Å². The van der Waals surface area contributed by atoms with Gasteiger partial charge in [-0.15, -0.1) is 0 Å². The monoisotopic (exact) mass is 491 g/mol. The average Bonchev–Trinajstić information content (AvgIpc) is 3.20. The molecule has 0 bridgehead atoms. The van der Waals surface area contributed by atoms with Crippen LogP contribution in [0, 0.1) is 5.92 Å². The van der Waals surface area contributed by atoms with Crippen molar-refractivity contribution in [1.82, 2.24) is 9.62 Å². The Balaban J connectivity index is 1.32. The lowest BCUT2D eigenvalue weighted by atomic mass is 10.0. The Morgan fingerprint density at radius 1 is 1.12 bits per heavy atom. The van der Waals surface area contributed by atoms with Crippen molar-refractivity contribution in [1.29, 1.82) is 0 Å². The molecule has 2 saturated heterocycles. The third-order valence-electron chi connectivity index (χ3n) is 6.09. The molecule has 2 aliphatic rings. The fourth-order valence-electron chi connectivity index (χ4n) is 4.28. The summed E-state index contributed by atoms with van der Waals surface area (Å²) in [4.78, 5) is 29.0. The zero-order chi connectivity index (χ0) is 23.6. The third kappa shape index (κ3) is 5.31. The number of benzene rings is 2. The molecular weight excluding hydrogens is 466 g/mol. The van der Waals surface area contributed by atoms with Crippen LogP contribution in [0.2, 0.25) is 5.02 Å². The number of carbonyl (C=O) groups is 2. The summed E-state index contributed by atoms with van der Waals surface area (Å²) < 4.78 is 33.1. The Labute approximate surface area is 198 Å². The Morgan fingerprint density at radius 3 is 2.45 bits per heavy atom. The number of ether oxygens (including phenoxy) is 1. The lowest BCUT2D eigenvalue weighted by Gasteiger charge is -2.33. The van der Waals surface area contributed by atoms with Gasteiger partial charge in [0, 0.05) is 42.8 Å². The normalized spacial score (nSPS) is 19.7. The summed E-state index contributed by atoms with van der Waals surface area (Å²) in [5.74, 6) is 0.00575. The maximum atomic E-state index is 13.0. The molecule has 2 aromatic rings. The van der Waals surface area contributed by atoms with Crippen molar-refractivity contribution >= 4 is 39.1 Å². The summed E-state index contributed by atoms with van der Waals surface area (Å²) >= 11 is 6.04. The molecule has 176 valence electrons. The number of halogens is 1. The van der Waals surface area contributed by atoms with Crippen LogP contribution in [0.4, 0.5) is 5.69 Å². The minimum atomic E-state index is -3.66. The first-order valence-electron chi connectivity index (χ1n) is 10.8. The standard InChI is InChI=1S/C23H26ClN3O5S/c1-32-20-5-7-21(8-6-20)33(30,31)25-18-9-11-26(12-10-18)23(29)16-13-22(28)27(15-16)19-4-2-3-17(24)14-19/h2-8,14,16,18,25H,9-13,15H2,1H3/t16-/m0/s1. The average molecular weight is 492 g/mol. The SMILES string of the molecule is COc1ccc(S(=O)(=O)NC2CCN(C(=O)[C@H]3CC(=O)N(c4cccc(Cl)c4)C3)CC2)cc1. The van der Waals surface area contributed by atoms with Crippen LogP contribution in [0.3, 0.4) is 0 Å². The minimum absolute atomic E-state index is 0.0654. The van der Waals surface area contributed by atoms with Crippen LogP contribution in [0.25, 0.3) is 0 Å². The van der Waals surface area contributed by atoms with E-state index in [2.05, 4.69) is 4.72 Å². The summed E-state index contributed by atoms with van der Waals surface area (Å²) in [6, 6.07) is 13.0. The van der Waals surface area contributed by atoms with E-state index in [-0.39, 0.29) is 29.2 Å². The van der Waals surface area contributed by atoms with Gasteiger partial charge in [-0.2, -0.15) is 0 Å². The van der Waals surface area contributed by atoms with E-state index >= 15 is 0 Å². The number of nitrogens with one attached hydrogen (secondary N) is 1. The number of amides is 2. The van der Waals surface area contributed by atoms with Crippen LogP contribution in [0.5, 0.6) is 5.75 Å². The first-order chi connectivity index (χ1) is 15.8. The quantitative estimate of drug-likeness (QED) is 0.670. The number of carbonyl (C=O) groups excluding carboxylic acids is 2. The Bertz CT molecular complexity index is 1130. The van der Waals surface area contributed by atoms with E-state index in [1.807, 2.05) is 0 Å². The highest BCUT2D eigenvalue weighted by Crippen LogP contribution is 2.29. The molecule has 2 amide bonds. The molecule has 0 saturated carbocycles. The first-order valence-corrected chi connectivity index (χ1v) is 12.6. The highest BCUT2D eigenvalue weighted by atomic mass is 35.5. The van der Waals surface area contributed by atoms with Crippen molar-refractivity contribution in [2.75, 3.05) is 31.6 Å². The molecule has 4 rings (SSSR count). The third-order valence-corrected chi connectivity index (χ3v) is 7.86. The van der Waals surface area contributed by atoms with Crippen molar-refractivity contribution in [3.63, 3.8) is 0 Å². The van der Waals surface area contributed by atoms with Crippen molar-refractivity contribution < 1.29 is 22.7 Å². The van der Waals surface area contributed by atoms with Crippen molar-refractivity contribution in [3.05, 3.63) is 53.6 Å². The van der Waals surface area contributed by atoms with Gasteiger partial charge in [-0.25, -0.2) is 13.1 Å². The number of methoxy groups -OCH3 is 1. The highest BCUT2D eigenvalue weighted by Gasteiger charge is 2.38. The topological polar surface area (TPSA) is 96.0 Å². The largest absolute Gasteiger partial charge is 0.497 e. The van der Waals surface area contributed by atoms with E-state index in [0.717, 1.165) is 0 Å². The Hall–Kier alpha value is -2.62. The summed E-state index contributed by atoms with van der Waals surface area (Å²) in [5, 5.41) is 0.536. The molecule has 0 unspecified atom stereocenters. The van der Waals surface area contributed by atoms with Crippen LogP contribution in [-0.4, -0.2) is 57.9 Å². The predicted octanol–water partition coefficient (Wildman–Crippen LogP) is 2.67. The maximum absolute atomic E-state index is 13.0. The van der Waals surface area contributed by atoms with Crippen LogP contribution >= 0.6 is 11.6 Å². The number of nitrogens with zero attached hydrogens (tertiary/aromatic N) is 2. The molecule has 33 heavy (non-hydrogen) atoms. The number of anilines is 1. The van der Waals surface area contributed by atoms with Gasteiger partial charge in [0.25, 0.3) is 0 Å². The van der Waals surface area contributed by atoms with Crippen molar-refractivity contribution in [2.24, 2.45) is 5.92 Å². The number of likely N-dealkylation sites (tertiary alicyclic amines) is 1. The van der Waals surface area contributed by atoms with E-state index < -0.39 is 15.9 Å². The maximum Gasteiger partial charge on any atom is 0.240 e. The van der Waals surface area contributed by atoms with Crippen molar-refractivity contribution in [3.8, 4) is 5.75 Å². The van der Waals surface area contributed by atoms with Gasteiger partial charge in [-0.05, 0) is 55.3 Å². The molecule has 0 spiro atoms. The van der Waals surface area contributed by atoms with Crippen LogP contribution in [-0.2, 0) is 19.6 Å². The molecule has 1 N–H and O–H groups in total. The first kappa shape index (κ1) is 23.5. The molecule has 2 heterocycles. The van der Waals surface area contributed by atoms with Gasteiger partial charge in [0.1, 0.15) is 5.75 Å². The lowest BCUT2D eigenvalue weighted by Crippen LogP contribution is -2.48. The molecular formula is C23H26ClN3O5S. The van der Waals surface area contributed by atoms with Gasteiger partial charge < -0.3 is 14.5 Å². The van der Waals surface area contributed by atoms with Gasteiger partial charge in [0.2, 0.25) is 21.8 Å². The fourth-order valence-corrected chi connectivity index (χ4v) is 5.77. The molecule has 0 radical (unpaired) electrons. The van der Waals surface area contributed by atoms with Gasteiger partial charge in [0.05, 0.1) is 17.9 Å². The molecule has 0 aliphatic carbocycles. The van der Waals surface area contributed by atoms with E-state index in [9.17, 15) is 18.0 Å². The zero-order valence-electron chi connectivity index (χ0n) is 18.2. The minimum Gasteiger partial charge on any atom is -0.497 e. The second-order valence-corrected chi connectivity index (χ2v) is 10.4. The number of hydrogen-bond donors (Lipinski definition) is 1. The summed E-state index contributed by atoms with van der Waals surface area (Å²) in [6.45, 7) is 1.20. The molecule has 10 heteroatoms. The van der Waals surface area contributed by atoms with Crippen LogP contribution in [0.1, 0.15) is 19.3 Å². The van der Waals surface area contributed by atoms with E-state index in [1.54, 1.807) is 46.2 Å². The molecule has 0 aromatic heterocycles. The zero-order valence-corrected chi connectivity index (χ0v) is 19.8. The van der Waals surface area contributed by atoms with Crippen LogP contribution in [0.15, 0.2) is 53.4 Å². The smallest absolute Gasteiger partial charge is 0.240 e. The molecule has 1 atom stereocenters. The second kappa shape index (κ2) is 9.70. The highest BCUT2D eigenvalue weighted by molar-refractivity contribution is 7.89. The molecule has 8 nitrogen and oxygen atoms in total.